The minimum absolute atomic E-state index is 0.125. The Hall–Kier alpha value is -0.570. The van der Waals surface area contributed by atoms with Crippen LogP contribution >= 0.6 is 11.6 Å². The molecule has 0 fully saturated rings. The first kappa shape index (κ1) is 12.4. The smallest absolute Gasteiger partial charge is 0.222 e. The fourth-order valence-electron chi connectivity index (χ4n) is 0.759. The molecule has 0 aromatic rings. The molecule has 0 aliphatic carbocycles. The summed E-state index contributed by atoms with van der Waals surface area (Å²) in [6.45, 7) is 8.91. The molecule has 0 rings (SSSR count). The molecule has 0 aromatic carbocycles. The minimum Gasteiger partial charge on any atom is -0.313 e. The summed E-state index contributed by atoms with van der Waals surface area (Å²) in [7, 11) is 0. The third-order valence-corrected chi connectivity index (χ3v) is 1.42. The third-order valence-electron chi connectivity index (χ3n) is 1.24. The van der Waals surface area contributed by atoms with Gasteiger partial charge in [-0.25, -0.2) is 0 Å². The van der Waals surface area contributed by atoms with E-state index in [9.17, 15) is 4.79 Å². The molecular formula is C9H17ClN2O. The van der Waals surface area contributed by atoms with Crippen molar-refractivity contribution in [3.05, 3.63) is 0 Å². The molecule has 0 aliphatic heterocycles. The highest BCUT2D eigenvalue weighted by Crippen LogP contribution is 2.14. The van der Waals surface area contributed by atoms with E-state index in [1.807, 2.05) is 13.8 Å². The van der Waals surface area contributed by atoms with Crippen molar-refractivity contribution in [2.45, 2.75) is 45.5 Å². The Morgan fingerprint density at radius 1 is 1.46 bits per heavy atom. The second-order valence-electron chi connectivity index (χ2n) is 3.73. The lowest BCUT2D eigenvalue weighted by atomic mass is 10.2. The van der Waals surface area contributed by atoms with E-state index in [-0.39, 0.29) is 11.9 Å². The predicted molar refractivity (Wildman–Crippen MR) is 56.3 cm³/mol. The van der Waals surface area contributed by atoms with Crippen LogP contribution in [-0.4, -0.2) is 22.7 Å². The lowest BCUT2D eigenvalue weighted by Gasteiger charge is -2.20. The highest BCUT2D eigenvalue weighted by Gasteiger charge is 2.22. The fourth-order valence-corrected chi connectivity index (χ4v) is 0.855. The molecule has 0 heterocycles. The normalized spacial score (nSPS) is 13.3. The molecular weight excluding hydrogens is 188 g/mol. The Labute approximate surface area is 84.6 Å². The predicted octanol–water partition coefficient (Wildman–Crippen LogP) is 1.95. The molecule has 76 valence electrons. The number of amides is 1. The van der Waals surface area contributed by atoms with E-state index in [0.29, 0.717) is 5.84 Å². The van der Waals surface area contributed by atoms with E-state index in [0.717, 1.165) is 0 Å². The average Bonchev–Trinajstić information content (AvgIpc) is 1.81. The molecule has 13 heavy (non-hydrogen) atoms. The van der Waals surface area contributed by atoms with Crippen LogP contribution in [0.1, 0.15) is 34.6 Å². The summed E-state index contributed by atoms with van der Waals surface area (Å²) in [6, 6.07) is 0.125. The van der Waals surface area contributed by atoms with Gasteiger partial charge in [-0.1, -0.05) is 0 Å². The number of alkyl halides is 1. The standard InChI is InChI=1S/C9H17ClN2O/c1-6(2)11-8(9(4,5)10)12-7(3)13/h6H,1-5H3,(H,11,12,13). The Morgan fingerprint density at radius 3 is 2.15 bits per heavy atom. The van der Waals surface area contributed by atoms with Gasteiger partial charge in [0, 0.05) is 13.0 Å². The SMILES string of the molecule is CC(=O)NC(=NC(C)C)C(C)(C)Cl. The van der Waals surface area contributed by atoms with Crippen LogP contribution in [0, 0.1) is 0 Å². The number of rotatable bonds is 2. The van der Waals surface area contributed by atoms with Crippen LogP contribution in [0.2, 0.25) is 0 Å². The van der Waals surface area contributed by atoms with Crippen molar-refractivity contribution in [2.24, 2.45) is 4.99 Å². The number of halogens is 1. The molecule has 4 heteroatoms. The molecule has 0 unspecified atom stereocenters. The van der Waals surface area contributed by atoms with Gasteiger partial charge in [0.2, 0.25) is 5.91 Å². The molecule has 0 aliphatic rings. The maximum absolute atomic E-state index is 10.8. The Balaban J connectivity index is 4.66. The van der Waals surface area contributed by atoms with Gasteiger partial charge in [-0.05, 0) is 27.7 Å². The molecule has 0 atom stereocenters. The lowest BCUT2D eigenvalue weighted by molar-refractivity contribution is -0.117. The molecule has 0 aromatic heterocycles. The summed E-state index contributed by atoms with van der Waals surface area (Å²) < 4.78 is 0. The summed E-state index contributed by atoms with van der Waals surface area (Å²) in [6.07, 6.45) is 0. The number of carbonyl (C=O) groups is 1. The molecule has 0 radical (unpaired) electrons. The summed E-state index contributed by atoms with van der Waals surface area (Å²) in [4.78, 5) is 14.4. The Bertz CT molecular complexity index is 216. The number of aliphatic imine (C=N–C) groups is 1. The fraction of sp³-hybridized carbons (Fsp3) is 0.778. The van der Waals surface area contributed by atoms with Crippen molar-refractivity contribution in [3.8, 4) is 0 Å². The zero-order chi connectivity index (χ0) is 10.6. The van der Waals surface area contributed by atoms with Crippen LogP contribution in [-0.2, 0) is 4.79 Å². The molecule has 0 spiro atoms. The van der Waals surface area contributed by atoms with Crippen LogP contribution < -0.4 is 5.32 Å². The zero-order valence-electron chi connectivity index (χ0n) is 8.81. The van der Waals surface area contributed by atoms with Gasteiger partial charge in [0.15, 0.2) is 0 Å². The molecule has 0 saturated heterocycles. The maximum atomic E-state index is 10.8. The van der Waals surface area contributed by atoms with Gasteiger partial charge in [-0.15, -0.1) is 11.6 Å². The van der Waals surface area contributed by atoms with Crippen LogP contribution in [0.25, 0.3) is 0 Å². The highest BCUT2D eigenvalue weighted by atomic mass is 35.5. The van der Waals surface area contributed by atoms with Crippen LogP contribution in [0.3, 0.4) is 0 Å². The number of nitrogens with one attached hydrogen (secondary N) is 1. The van der Waals surface area contributed by atoms with E-state index >= 15 is 0 Å². The van der Waals surface area contributed by atoms with Gasteiger partial charge in [0.25, 0.3) is 0 Å². The first-order valence-electron chi connectivity index (χ1n) is 4.28. The van der Waals surface area contributed by atoms with E-state index in [1.54, 1.807) is 13.8 Å². The van der Waals surface area contributed by atoms with Crippen molar-refractivity contribution in [2.75, 3.05) is 0 Å². The topological polar surface area (TPSA) is 41.5 Å². The molecule has 0 saturated carbocycles. The summed E-state index contributed by atoms with van der Waals surface area (Å²) in [5.41, 5.74) is 0. The van der Waals surface area contributed by atoms with Crippen molar-refractivity contribution in [3.63, 3.8) is 0 Å². The minimum atomic E-state index is -0.629. The number of hydrogen-bond donors (Lipinski definition) is 1. The number of carbonyl (C=O) groups excluding carboxylic acids is 1. The second-order valence-corrected chi connectivity index (χ2v) is 4.67. The quantitative estimate of drug-likeness (QED) is 0.417. The maximum Gasteiger partial charge on any atom is 0.222 e. The van der Waals surface area contributed by atoms with Gasteiger partial charge in [-0.3, -0.25) is 9.79 Å². The van der Waals surface area contributed by atoms with E-state index in [1.165, 1.54) is 6.92 Å². The first-order chi connectivity index (χ1) is 5.73. The van der Waals surface area contributed by atoms with Crippen LogP contribution in [0.4, 0.5) is 0 Å². The molecule has 1 N–H and O–H groups in total. The number of amidine groups is 1. The van der Waals surface area contributed by atoms with Gasteiger partial charge in [-0.2, -0.15) is 0 Å². The first-order valence-corrected chi connectivity index (χ1v) is 4.66. The highest BCUT2D eigenvalue weighted by molar-refractivity contribution is 6.36. The van der Waals surface area contributed by atoms with Crippen LogP contribution in [0.5, 0.6) is 0 Å². The van der Waals surface area contributed by atoms with E-state index in [4.69, 9.17) is 11.6 Å². The Morgan fingerprint density at radius 2 is 1.92 bits per heavy atom. The summed E-state index contributed by atoms with van der Waals surface area (Å²) in [5.74, 6) is 0.379. The molecule has 3 nitrogen and oxygen atoms in total. The summed E-state index contributed by atoms with van der Waals surface area (Å²) in [5, 5.41) is 2.63. The van der Waals surface area contributed by atoms with Crippen molar-refractivity contribution < 1.29 is 4.79 Å². The van der Waals surface area contributed by atoms with Crippen molar-refractivity contribution >= 4 is 23.3 Å². The van der Waals surface area contributed by atoms with E-state index < -0.39 is 4.87 Å². The zero-order valence-corrected chi connectivity index (χ0v) is 9.57. The van der Waals surface area contributed by atoms with Crippen molar-refractivity contribution in [1.29, 1.82) is 0 Å². The van der Waals surface area contributed by atoms with Gasteiger partial charge >= 0.3 is 0 Å². The monoisotopic (exact) mass is 204 g/mol. The molecule has 1 amide bonds. The summed E-state index contributed by atoms with van der Waals surface area (Å²) >= 11 is 6.04. The molecule has 0 bridgehead atoms. The van der Waals surface area contributed by atoms with Crippen LogP contribution in [0.15, 0.2) is 4.99 Å². The average molecular weight is 205 g/mol. The number of hydrogen-bond acceptors (Lipinski definition) is 2. The van der Waals surface area contributed by atoms with Gasteiger partial charge in [0.1, 0.15) is 5.84 Å². The largest absolute Gasteiger partial charge is 0.313 e. The van der Waals surface area contributed by atoms with E-state index in [2.05, 4.69) is 10.3 Å². The number of nitrogens with zero attached hydrogens (tertiary/aromatic N) is 1. The van der Waals surface area contributed by atoms with Gasteiger partial charge < -0.3 is 5.32 Å². The lowest BCUT2D eigenvalue weighted by Crippen LogP contribution is -2.41. The third kappa shape index (κ3) is 5.64. The second kappa shape index (κ2) is 4.61. The Kier molecular flexibility index (Phi) is 4.40. The van der Waals surface area contributed by atoms with Crippen molar-refractivity contribution in [1.82, 2.24) is 5.32 Å². The van der Waals surface area contributed by atoms with Gasteiger partial charge in [0.05, 0.1) is 4.87 Å².